The molecule has 2 atom stereocenters. The molecule has 1 aromatic carbocycles. The Bertz CT molecular complexity index is 510. The van der Waals surface area contributed by atoms with Crippen molar-refractivity contribution in [2.45, 2.75) is 45.1 Å². The van der Waals surface area contributed by atoms with E-state index in [9.17, 15) is 0 Å². The third-order valence-electron chi connectivity index (χ3n) is 4.26. The fourth-order valence-corrected chi connectivity index (χ4v) is 3.16. The summed E-state index contributed by atoms with van der Waals surface area (Å²) in [5, 5.41) is 0. The zero-order valence-electron chi connectivity index (χ0n) is 11.8. The Kier molecular flexibility index (Phi) is 3.46. The molecule has 1 heteroatoms. The molecular weight excluding hydrogens is 232 g/mol. The third-order valence-corrected chi connectivity index (χ3v) is 4.26. The lowest BCUT2D eigenvalue weighted by molar-refractivity contribution is 0.179. The van der Waals surface area contributed by atoms with E-state index in [2.05, 4.69) is 56.3 Å². The van der Waals surface area contributed by atoms with Crippen LogP contribution in [-0.2, 0) is 0 Å². The van der Waals surface area contributed by atoms with Crippen molar-refractivity contribution in [1.29, 1.82) is 0 Å². The molecule has 1 aliphatic carbocycles. The van der Waals surface area contributed by atoms with E-state index in [-0.39, 0.29) is 6.10 Å². The molecule has 1 heterocycles. The highest BCUT2D eigenvalue weighted by Gasteiger charge is 2.31. The summed E-state index contributed by atoms with van der Waals surface area (Å²) in [5.41, 5.74) is 2.75. The van der Waals surface area contributed by atoms with E-state index in [1.165, 1.54) is 17.6 Å². The summed E-state index contributed by atoms with van der Waals surface area (Å²) in [5.74, 6) is 2.34. The lowest BCUT2D eigenvalue weighted by atomic mass is 9.80. The lowest BCUT2D eigenvalue weighted by Crippen LogP contribution is -2.29. The van der Waals surface area contributed by atoms with Gasteiger partial charge >= 0.3 is 0 Å². The van der Waals surface area contributed by atoms with E-state index in [4.69, 9.17) is 4.74 Å². The smallest absolute Gasteiger partial charge is 0.124 e. The normalized spacial score (nSPS) is 25.7. The predicted octanol–water partition coefficient (Wildman–Crippen LogP) is 4.85. The first-order valence-electron chi connectivity index (χ1n) is 7.38. The average molecular weight is 254 g/mol. The Balaban J connectivity index is 1.92. The van der Waals surface area contributed by atoms with Crippen molar-refractivity contribution < 1.29 is 4.74 Å². The molecule has 0 saturated heterocycles. The van der Waals surface area contributed by atoms with Gasteiger partial charge in [-0.3, -0.25) is 0 Å². The van der Waals surface area contributed by atoms with E-state index < -0.39 is 0 Å². The van der Waals surface area contributed by atoms with Gasteiger partial charge in [0.05, 0.1) is 0 Å². The number of benzene rings is 1. The number of rotatable bonds is 2. The van der Waals surface area contributed by atoms with Gasteiger partial charge in [-0.25, -0.2) is 0 Å². The zero-order chi connectivity index (χ0) is 13.2. The molecule has 0 radical (unpaired) electrons. The molecule has 0 amide bonds. The molecule has 19 heavy (non-hydrogen) atoms. The standard InChI is InChI=1S/C18H22O/c1-13(2)16-12-18(14-8-4-3-5-9-14)19-17-11-7-6-10-15(16)17/h4,6-11,13,16,18H,3,5,12H2,1-2H3. The monoisotopic (exact) mass is 254 g/mol. The van der Waals surface area contributed by atoms with Crippen LogP contribution >= 0.6 is 0 Å². The van der Waals surface area contributed by atoms with E-state index >= 15 is 0 Å². The topological polar surface area (TPSA) is 9.23 Å². The summed E-state index contributed by atoms with van der Waals surface area (Å²) in [6.07, 6.45) is 10.5. The summed E-state index contributed by atoms with van der Waals surface area (Å²) in [4.78, 5) is 0. The lowest BCUT2D eigenvalue weighted by Gasteiger charge is -2.35. The molecule has 0 N–H and O–H groups in total. The van der Waals surface area contributed by atoms with Crippen molar-refractivity contribution in [2.75, 3.05) is 0 Å². The highest BCUT2D eigenvalue weighted by molar-refractivity contribution is 5.41. The molecule has 1 aliphatic heterocycles. The highest BCUT2D eigenvalue weighted by atomic mass is 16.5. The van der Waals surface area contributed by atoms with Crippen LogP contribution in [-0.4, -0.2) is 6.10 Å². The maximum Gasteiger partial charge on any atom is 0.124 e. The highest BCUT2D eigenvalue weighted by Crippen LogP contribution is 2.42. The fraction of sp³-hybridized carbons (Fsp3) is 0.444. The molecule has 0 aromatic heterocycles. The van der Waals surface area contributed by atoms with Crippen LogP contribution in [0.4, 0.5) is 0 Å². The molecule has 0 spiro atoms. The molecule has 0 bridgehead atoms. The average Bonchev–Trinajstić information content (AvgIpc) is 2.47. The molecule has 3 rings (SSSR count). The Hall–Kier alpha value is -1.50. The van der Waals surface area contributed by atoms with Crippen LogP contribution in [0.25, 0.3) is 0 Å². The number of hydrogen-bond donors (Lipinski definition) is 0. The van der Waals surface area contributed by atoms with Gasteiger partial charge in [-0.15, -0.1) is 0 Å². The van der Waals surface area contributed by atoms with Crippen LogP contribution in [0.3, 0.4) is 0 Å². The summed E-state index contributed by atoms with van der Waals surface area (Å²) >= 11 is 0. The summed E-state index contributed by atoms with van der Waals surface area (Å²) < 4.78 is 6.23. The van der Waals surface area contributed by atoms with Crippen molar-refractivity contribution in [3.63, 3.8) is 0 Å². The minimum absolute atomic E-state index is 0.235. The van der Waals surface area contributed by atoms with Crippen LogP contribution in [0.2, 0.25) is 0 Å². The quantitative estimate of drug-likeness (QED) is 0.732. The van der Waals surface area contributed by atoms with Crippen LogP contribution in [0.1, 0.15) is 44.6 Å². The molecule has 2 aliphatic rings. The molecule has 1 nitrogen and oxygen atoms in total. The third kappa shape index (κ3) is 2.47. The van der Waals surface area contributed by atoms with Crippen molar-refractivity contribution in [3.8, 4) is 5.75 Å². The van der Waals surface area contributed by atoms with Gasteiger partial charge in [0.25, 0.3) is 0 Å². The second-order valence-corrected chi connectivity index (χ2v) is 5.91. The fourth-order valence-electron chi connectivity index (χ4n) is 3.16. The van der Waals surface area contributed by atoms with Crippen LogP contribution < -0.4 is 4.74 Å². The van der Waals surface area contributed by atoms with Gasteiger partial charge in [0.2, 0.25) is 0 Å². The van der Waals surface area contributed by atoms with Crippen molar-refractivity contribution in [2.24, 2.45) is 5.92 Å². The van der Waals surface area contributed by atoms with Gasteiger partial charge in [0.1, 0.15) is 11.9 Å². The Morgan fingerprint density at radius 1 is 1.16 bits per heavy atom. The number of ether oxygens (including phenoxy) is 1. The van der Waals surface area contributed by atoms with E-state index in [1.54, 1.807) is 0 Å². The van der Waals surface area contributed by atoms with Crippen LogP contribution in [0.5, 0.6) is 5.75 Å². The van der Waals surface area contributed by atoms with Gasteiger partial charge in [-0.2, -0.15) is 0 Å². The van der Waals surface area contributed by atoms with Crippen LogP contribution in [0.15, 0.2) is 48.1 Å². The first kappa shape index (κ1) is 12.5. The second-order valence-electron chi connectivity index (χ2n) is 5.91. The summed E-state index contributed by atoms with van der Waals surface area (Å²) in [6, 6.07) is 8.53. The predicted molar refractivity (Wildman–Crippen MR) is 79.5 cm³/mol. The van der Waals surface area contributed by atoms with E-state index in [1.807, 2.05) is 0 Å². The number of fused-ring (bicyclic) bond motifs is 1. The van der Waals surface area contributed by atoms with Gasteiger partial charge in [0, 0.05) is 0 Å². The van der Waals surface area contributed by atoms with Gasteiger partial charge < -0.3 is 4.74 Å². The second kappa shape index (κ2) is 5.24. The number of para-hydroxylation sites is 1. The molecule has 0 saturated carbocycles. The van der Waals surface area contributed by atoms with Gasteiger partial charge in [-0.1, -0.05) is 50.3 Å². The van der Waals surface area contributed by atoms with E-state index in [0.29, 0.717) is 11.8 Å². The van der Waals surface area contributed by atoms with Crippen molar-refractivity contribution in [3.05, 3.63) is 53.6 Å². The Morgan fingerprint density at radius 3 is 2.74 bits per heavy atom. The SMILES string of the molecule is CC(C)C1CC(C2=CCCC=C2)Oc2ccccc21. The number of hydrogen-bond acceptors (Lipinski definition) is 1. The minimum atomic E-state index is 0.235. The zero-order valence-corrected chi connectivity index (χ0v) is 11.8. The molecule has 2 unspecified atom stereocenters. The summed E-state index contributed by atoms with van der Waals surface area (Å²) in [7, 11) is 0. The molecule has 100 valence electrons. The van der Waals surface area contributed by atoms with Gasteiger partial charge in [0.15, 0.2) is 0 Å². The first-order valence-corrected chi connectivity index (χ1v) is 7.38. The van der Waals surface area contributed by atoms with Gasteiger partial charge in [-0.05, 0) is 48.3 Å². The largest absolute Gasteiger partial charge is 0.485 e. The van der Waals surface area contributed by atoms with Crippen molar-refractivity contribution in [1.82, 2.24) is 0 Å². The van der Waals surface area contributed by atoms with Crippen molar-refractivity contribution >= 4 is 0 Å². The number of allylic oxidation sites excluding steroid dienone is 2. The first-order chi connectivity index (χ1) is 9.25. The Morgan fingerprint density at radius 2 is 2.00 bits per heavy atom. The maximum absolute atomic E-state index is 6.23. The molecule has 1 aromatic rings. The minimum Gasteiger partial charge on any atom is -0.485 e. The maximum atomic E-state index is 6.23. The van der Waals surface area contributed by atoms with E-state index in [0.717, 1.165) is 18.6 Å². The summed E-state index contributed by atoms with van der Waals surface area (Å²) in [6.45, 7) is 4.63. The molecule has 0 fully saturated rings. The molecular formula is C18H22O. The van der Waals surface area contributed by atoms with Crippen LogP contribution in [0, 0.1) is 5.92 Å². The Labute approximate surface area is 116 Å².